The van der Waals surface area contributed by atoms with Crippen LogP contribution in [0, 0.1) is 0 Å². The molecule has 4 atom stereocenters. The first kappa shape index (κ1) is 25.5. The average Bonchev–Trinajstić information content (AvgIpc) is 3.43. The Morgan fingerprint density at radius 1 is 0.667 bits per heavy atom. The maximum absolute atomic E-state index is 14.0. The van der Waals surface area contributed by atoms with Crippen molar-refractivity contribution >= 4 is 5.97 Å². The summed E-state index contributed by atoms with van der Waals surface area (Å²) >= 11 is 0. The van der Waals surface area contributed by atoms with Crippen LogP contribution in [0.4, 0.5) is 0 Å². The molecule has 0 aromatic heterocycles. The minimum Gasteiger partial charge on any atom is -0.508 e. The number of hydrogen-bond donors (Lipinski definition) is 8. The zero-order valence-corrected chi connectivity index (χ0v) is 21.3. The van der Waals surface area contributed by atoms with Crippen LogP contribution in [0.2, 0.25) is 0 Å². The largest absolute Gasteiger partial charge is 0.508 e. The Balaban J connectivity index is 1.43. The fraction of sp³-hybridized carbons (Fsp3) is 0.167. The molecule has 0 aliphatic carbocycles. The van der Waals surface area contributed by atoms with Crippen LogP contribution in [0.15, 0.2) is 54.6 Å². The van der Waals surface area contributed by atoms with Crippen molar-refractivity contribution in [2.45, 2.75) is 30.1 Å². The third kappa shape index (κ3) is 3.29. The molecular weight excluding hydrogens is 552 g/mol. The SMILES string of the molecule is O=C1Oc2c3c(cc(O)c2[C@]12c1c(O)cc(O)cc1O[C@@H]2c1ccc(O)c(O)c1)O[C@H](c1ccc(O)c(O)c1)[C@@H](O)C3. The maximum atomic E-state index is 14.0. The Kier molecular flexibility index (Phi) is 5.16. The van der Waals surface area contributed by atoms with Gasteiger partial charge in [0.2, 0.25) is 0 Å². The highest BCUT2D eigenvalue weighted by Gasteiger charge is 2.66. The Morgan fingerprint density at radius 2 is 1.31 bits per heavy atom. The molecule has 0 bridgehead atoms. The van der Waals surface area contributed by atoms with Gasteiger partial charge in [-0.15, -0.1) is 0 Å². The summed E-state index contributed by atoms with van der Waals surface area (Å²) in [6, 6.07) is 11.1. The summed E-state index contributed by atoms with van der Waals surface area (Å²) in [5.41, 5.74) is -1.50. The number of aliphatic hydroxyl groups is 1. The van der Waals surface area contributed by atoms with Crippen molar-refractivity contribution in [3.05, 3.63) is 82.4 Å². The van der Waals surface area contributed by atoms with Gasteiger partial charge in [0.25, 0.3) is 0 Å². The first-order chi connectivity index (χ1) is 20.0. The number of rotatable bonds is 2. The number of phenols is 7. The van der Waals surface area contributed by atoms with E-state index in [1.54, 1.807) is 0 Å². The maximum Gasteiger partial charge on any atom is 0.331 e. The summed E-state index contributed by atoms with van der Waals surface area (Å²) in [6.45, 7) is 0. The molecule has 0 radical (unpaired) electrons. The van der Waals surface area contributed by atoms with E-state index in [4.69, 9.17) is 14.2 Å². The predicted molar refractivity (Wildman–Crippen MR) is 140 cm³/mol. The summed E-state index contributed by atoms with van der Waals surface area (Å²) in [6.07, 6.45) is -3.70. The third-order valence-electron chi connectivity index (χ3n) is 7.98. The second-order valence-electron chi connectivity index (χ2n) is 10.4. The molecule has 4 aromatic rings. The zero-order chi connectivity index (χ0) is 29.7. The normalized spacial score (nSPS) is 23.5. The van der Waals surface area contributed by atoms with Gasteiger partial charge >= 0.3 is 5.97 Å². The average molecular weight is 574 g/mol. The number of esters is 1. The number of phenolic OH excluding ortho intramolecular Hbond substituents is 7. The van der Waals surface area contributed by atoms with E-state index in [-0.39, 0.29) is 57.4 Å². The van der Waals surface area contributed by atoms with E-state index in [1.807, 2.05) is 0 Å². The van der Waals surface area contributed by atoms with Crippen molar-refractivity contribution in [2.24, 2.45) is 0 Å². The summed E-state index contributed by atoms with van der Waals surface area (Å²) in [4.78, 5) is 14.0. The molecular formula is C30H22O12. The van der Waals surface area contributed by atoms with Crippen LogP contribution in [0.25, 0.3) is 0 Å². The van der Waals surface area contributed by atoms with Crippen LogP contribution < -0.4 is 14.2 Å². The van der Waals surface area contributed by atoms with Crippen LogP contribution in [-0.4, -0.2) is 52.9 Å². The van der Waals surface area contributed by atoms with Gasteiger partial charge in [0.1, 0.15) is 46.7 Å². The van der Waals surface area contributed by atoms with Crippen molar-refractivity contribution in [1.29, 1.82) is 0 Å². The lowest BCUT2D eigenvalue weighted by Crippen LogP contribution is -2.39. The molecule has 3 aliphatic heterocycles. The van der Waals surface area contributed by atoms with E-state index in [9.17, 15) is 45.6 Å². The Bertz CT molecular complexity index is 1830. The van der Waals surface area contributed by atoms with E-state index in [0.717, 1.165) is 12.1 Å². The topological polar surface area (TPSA) is 207 Å². The lowest BCUT2D eigenvalue weighted by Gasteiger charge is -2.32. The van der Waals surface area contributed by atoms with Gasteiger partial charge in [-0.25, -0.2) is 0 Å². The number of benzene rings is 4. The van der Waals surface area contributed by atoms with E-state index in [2.05, 4.69) is 0 Å². The number of fused-ring (bicyclic) bond motifs is 6. The predicted octanol–water partition coefficient (Wildman–Crippen LogP) is 3.00. The molecule has 42 heavy (non-hydrogen) atoms. The van der Waals surface area contributed by atoms with Gasteiger partial charge < -0.3 is 55.1 Å². The Morgan fingerprint density at radius 3 is 2.00 bits per heavy atom. The highest BCUT2D eigenvalue weighted by Crippen LogP contribution is 2.66. The minimum atomic E-state index is -2.05. The molecule has 12 heteroatoms. The number of carbonyl (C=O) groups is 1. The molecule has 8 N–H and O–H groups in total. The molecule has 0 saturated heterocycles. The van der Waals surface area contributed by atoms with Gasteiger partial charge in [-0.1, -0.05) is 12.1 Å². The fourth-order valence-electron chi connectivity index (χ4n) is 6.18. The number of carbonyl (C=O) groups excluding carboxylic acids is 1. The number of ether oxygens (including phenoxy) is 3. The summed E-state index contributed by atoms with van der Waals surface area (Å²) < 4.78 is 17.8. The van der Waals surface area contributed by atoms with Crippen molar-refractivity contribution < 1.29 is 59.9 Å². The number of hydrogen-bond acceptors (Lipinski definition) is 12. The van der Waals surface area contributed by atoms with Crippen molar-refractivity contribution in [3.8, 4) is 57.5 Å². The smallest absolute Gasteiger partial charge is 0.331 e. The molecule has 3 aliphatic rings. The van der Waals surface area contributed by atoms with Gasteiger partial charge in [0.15, 0.2) is 28.4 Å². The second-order valence-corrected chi connectivity index (χ2v) is 10.4. The van der Waals surface area contributed by atoms with E-state index < -0.39 is 58.4 Å². The molecule has 0 saturated carbocycles. The van der Waals surface area contributed by atoms with E-state index in [1.165, 1.54) is 42.5 Å². The highest BCUT2D eigenvalue weighted by atomic mass is 16.6. The van der Waals surface area contributed by atoms with Crippen molar-refractivity contribution in [3.63, 3.8) is 0 Å². The van der Waals surface area contributed by atoms with E-state index in [0.29, 0.717) is 5.56 Å². The number of aromatic hydroxyl groups is 7. The van der Waals surface area contributed by atoms with Gasteiger partial charge in [0.05, 0.1) is 17.2 Å². The van der Waals surface area contributed by atoms with Gasteiger partial charge in [-0.2, -0.15) is 0 Å². The molecule has 7 rings (SSSR count). The standard InChI is InChI=1S/C30H22O12/c31-13-7-19(36)24-23(8-13)41-28(12-2-4-16(33)18(35)6-12)30(24)25-20(37)10-22-14(27(25)42-29(30)39)9-21(38)26(40-22)11-1-3-15(32)17(34)5-11/h1-8,10,21,26,28,31-38H,9H2/t21-,26+,28+,30-/m0/s1. The molecule has 0 unspecified atom stereocenters. The first-order valence-corrected chi connectivity index (χ1v) is 12.7. The second kappa shape index (κ2) is 8.51. The van der Waals surface area contributed by atoms with Crippen molar-refractivity contribution in [2.75, 3.05) is 0 Å². The fourth-order valence-corrected chi connectivity index (χ4v) is 6.18. The lowest BCUT2D eigenvalue weighted by atomic mass is 9.69. The molecule has 0 fully saturated rings. The quantitative estimate of drug-likeness (QED) is 0.0988. The minimum absolute atomic E-state index is 0.0758. The molecule has 3 heterocycles. The van der Waals surface area contributed by atoms with Crippen LogP contribution in [0.1, 0.15) is 40.0 Å². The van der Waals surface area contributed by atoms with Crippen molar-refractivity contribution in [1.82, 2.24) is 0 Å². The first-order valence-electron chi connectivity index (χ1n) is 12.7. The van der Waals surface area contributed by atoms with Crippen LogP contribution in [-0.2, 0) is 16.6 Å². The Labute approximate surface area is 236 Å². The van der Waals surface area contributed by atoms with E-state index >= 15 is 0 Å². The molecule has 1 spiro atoms. The Hall–Kier alpha value is -5.49. The molecule has 214 valence electrons. The van der Waals surface area contributed by atoms with Gasteiger partial charge in [0, 0.05) is 30.2 Å². The van der Waals surface area contributed by atoms with Gasteiger partial charge in [-0.05, 0) is 35.4 Å². The highest BCUT2D eigenvalue weighted by molar-refractivity contribution is 6.00. The lowest BCUT2D eigenvalue weighted by molar-refractivity contribution is -0.139. The van der Waals surface area contributed by atoms with Crippen LogP contribution in [0.3, 0.4) is 0 Å². The zero-order valence-electron chi connectivity index (χ0n) is 21.3. The monoisotopic (exact) mass is 574 g/mol. The third-order valence-corrected chi connectivity index (χ3v) is 7.98. The van der Waals surface area contributed by atoms with Gasteiger partial charge in [-0.3, -0.25) is 4.79 Å². The molecule has 4 aromatic carbocycles. The molecule has 0 amide bonds. The summed E-state index contributed by atoms with van der Waals surface area (Å²) in [5.74, 6) is -4.19. The molecule has 12 nitrogen and oxygen atoms in total. The summed E-state index contributed by atoms with van der Waals surface area (Å²) in [5, 5.41) is 83.4. The number of aliphatic hydroxyl groups excluding tert-OH is 1. The van der Waals surface area contributed by atoms with Crippen LogP contribution >= 0.6 is 0 Å². The summed E-state index contributed by atoms with van der Waals surface area (Å²) in [7, 11) is 0. The van der Waals surface area contributed by atoms with Crippen LogP contribution in [0.5, 0.6) is 57.5 Å².